The van der Waals surface area contributed by atoms with Crippen molar-refractivity contribution < 1.29 is 14.3 Å². The van der Waals surface area contributed by atoms with Crippen LogP contribution in [0.4, 0.5) is 11.9 Å². The van der Waals surface area contributed by atoms with E-state index in [1.165, 1.54) is 0 Å². The number of aromatic nitrogens is 3. The molecule has 18 heavy (non-hydrogen) atoms. The number of carbonyl (C=O) groups excluding carboxylic acids is 1. The Kier molecular flexibility index (Phi) is 5.62. The fourth-order valence-electron chi connectivity index (χ4n) is 1.10. The lowest BCUT2D eigenvalue weighted by molar-refractivity contribution is -0.140. The lowest BCUT2D eigenvalue weighted by Gasteiger charge is -2.08. The minimum Gasteiger partial charge on any atom is -0.465 e. The normalized spacial score (nSPS) is 9.72. The van der Waals surface area contributed by atoms with Gasteiger partial charge in [0.05, 0.1) is 13.2 Å². The first kappa shape index (κ1) is 13.9. The Morgan fingerprint density at radius 1 is 1.17 bits per heavy atom. The smallest absolute Gasteiger partial charge is 0.325 e. The van der Waals surface area contributed by atoms with Crippen LogP contribution in [0, 0.1) is 0 Å². The monoisotopic (exact) mass is 255 g/mol. The third-order valence-corrected chi connectivity index (χ3v) is 1.81. The summed E-state index contributed by atoms with van der Waals surface area (Å²) in [7, 11) is 1.68. The Morgan fingerprint density at radius 3 is 2.50 bits per heavy atom. The molecule has 0 spiro atoms. The molecular weight excluding hydrogens is 238 g/mol. The van der Waals surface area contributed by atoms with Gasteiger partial charge in [0, 0.05) is 7.05 Å². The van der Waals surface area contributed by atoms with Crippen LogP contribution in [-0.4, -0.2) is 47.7 Å². The van der Waals surface area contributed by atoms with E-state index in [9.17, 15) is 4.79 Å². The van der Waals surface area contributed by atoms with E-state index in [1.54, 1.807) is 14.0 Å². The average Bonchev–Trinajstić information content (AvgIpc) is 2.37. The number of ether oxygens (including phenoxy) is 2. The van der Waals surface area contributed by atoms with Crippen molar-refractivity contribution in [1.82, 2.24) is 15.0 Å². The van der Waals surface area contributed by atoms with Crippen molar-refractivity contribution in [2.24, 2.45) is 0 Å². The van der Waals surface area contributed by atoms with Gasteiger partial charge >= 0.3 is 12.0 Å². The summed E-state index contributed by atoms with van der Waals surface area (Å²) in [5.74, 6) is 0.243. The third kappa shape index (κ3) is 4.40. The lowest BCUT2D eigenvalue weighted by atomic mass is 10.6. The second kappa shape index (κ2) is 7.25. The van der Waals surface area contributed by atoms with Crippen molar-refractivity contribution in [2.75, 3.05) is 37.4 Å². The van der Waals surface area contributed by atoms with Gasteiger partial charge in [0.15, 0.2) is 0 Å². The fraction of sp³-hybridized carbons (Fsp3) is 0.600. The number of hydrogen-bond acceptors (Lipinski definition) is 8. The molecular formula is C10H17N5O3. The molecule has 1 rings (SSSR count). The molecule has 0 saturated heterocycles. The predicted octanol–water partition coefficient (Wildman–Crippen LogP) is 0.287. The van der Waals surface area contributed by atoms with Gasteiger partial charge in [-0.15, -0.1) is 0 Å². The maximum absolute atomic E-state index is 11.2. The van der Waals surface area contributed by atoms with E-state index >= 15 is 0 Å². The molecule has 0 aromatic carbocycles. The first-order valence-corrected chi connectivity index (χ1v) is 5.65. The molecule has 8 heteroatoms. The van der Waals surface area contributed by atoms with Crippen LogP contribution in [0.5, 0.6) is 6.01 Å². The fourth-order valence-corrected chi connectivity index (χ4v) is 1.10. The number of anilines is 2. The SMILES string of the molecule is CCOC(=O)CNc1nc(NC)nc(OCC)n1. The number of rotatable bonds is 7. The van der Waals surface area contributed by atoms with Gasteiger partial charge in [-0.05, 0) is 13.8 Å². The van der Waals surface area contributed by atoms with E-state index in [2.05, 4.69) is 25.6 Å². The van der Waals surface area contributed by atoms with Gasteiger partial charge in [-0.1, -0.05) is 0 Å². The van der Waals surface area contributed by atoms with Crippen molar-refractivity contribution in [3.8, 4) is 6.01 Å². The van der Waals surface area contributed by atoms with Crippen LogP contribution >= 0.6 is 0 Å². The van der Waals surface area contributed by atoms with Crippen molar-refractivity contribution in [1.29, 1.82) is 0 Å². The molecule has 1 heterocycles. The molecule has 0 bridgehead atoms. The molecule has 0 saturated carbocycles. The topological polar surface area (TPSA) is 98.3 Å². The zero-order chi connectivity index (χ0) is 13.4. The van der Waals surface area contributed by atoms with E-state index in [-0.39, 0.29) is 24.5 Å². The van der Waals surface area contributed by atoms with Crippen LogP contribution in [0.1, 0.15) is 13.8 Å². The largest absolute Gasteiger partial charge is 0.465 e. The van der Waals surface area contributed by atoms with E-state index in [0.29, 0.717) is 19.2 Å². The van der Waals surface area contributed by atoms with Crippen molar-refractivity contribution in [2.45, 2.75) is 13.8 Å². The second-order valence-electron chi connectivity index (χ2n) is 3.11. The van der Waals surface area contributed by atoms with Gasteiger partial charge in [-0.25, -0.2) is 0 Å². The Bertz CT molecular complexity index is 399. The quantitative estimate of drug-likeness (QED) is 0.671. The van der Waals surface area contributed by atoms with Gasteiger partial charge in [-0.3, -0.25) is 4.79 Å². The summed E-state index contributed by atoms with van der Waals surface area (Å²) in [5.41, 5.74) is 0. The zero-order valence-corrected chi connectivity index (χ0v) is 10.7. The molecule has 0 aliphatic rings. The molecule has 100 valence electrons. The lowest BCUT2D eigenvalue weighted by Crippen LogP contribution is -2.18. The Morgan fingerprint density at radius 2 is 1.89 bits per heavy atom. The highest BCUT2D eigenvalue weighted by atomic mass is 16.5. The molecule has 8 nitrogen and oxygen atoms in total. The van der Waals surface area contributed by atoms with E-state index in [1.807, 2.05) is 6.92 Å². The number of hydrogen-bond donors (Lipinski definition) is 2. The van der Waals surface area contributed by atoms with E-state index in [0.717, 1.165) is 0 Å². The summed E-state index contributed by atoms with van der Waals surface area (Å²) in [5, 5.41) is 5.53. The molecule has 0 aliphatic carbocycles. The van der Waals surface area contributed by atoms with Crippen LogP contribution in [-0.2, 0) is 9.53 Å². The van der Waals surface area contributed by atoms with Gasteiger partial charge < -0.3 is 20.1 Å². The molecule has 0 fully saturated rings. The average molecular weight is 255 g/mol. The highest BCUT2D eigenvalue weighted by Gasteiger charge is 2.08. The summed E-state index contributed by atoms with van der Waals surface area (Å²) in [6.07, 6.45) is 0. The second-order valence-corrected chi connectivity index (χ2v) is 3.11. The molecule has 0 atom stereocenters. The zero-order valence-electron chi connectivity index (χ0n) is 10.7. The van der Waals surface area contributed by atoms with E-state index in [4.69, 9.17) is 9.47 Å². The maximum Gasteiger partial charge on any atom is 0.325 e. The van der Waals surface area contributed by atoms with Crippen LogP contribution in [0.2, 0.25) is 0 Å². The molecule has 0 amide bonds. The molecule has 1 aromatic heterocycles. The number of nitrogens with one attached hydrogen (secondary N) is 2. The van der Waals surface area contributed by atoms with Crippen molar-refractivity contribution in [3.63, 3.8) is 0 Å². The van der Waals surface area contributed by atoms with Crippen molar-refractivity contribution in [3.05, 3.63) is 0 Å². The van der Waals surface area contributed by atoms with Gasteiger partial charge in [0.2, 0.25) is 11.9 Å². The molecule has 0 unspecified atom stereocenters. The highest BCUT2D eigenvalue weighted by Crippen LogP contribution is 2.10. The van der Waals surface area contributed by atoms with Crippen LogP contribution in [0.3, 0.4) is 0 Å². The summed E-state index contributed by atoms with van der Waals surface area (Å²) in [6, 6.07) is 0.197. The molecule has 1 aromatic rings. The van der Waals surface area contributed by atoms with Crippen LogP contribution in [0.15, 0.2) is 0 Å². The summed E-state index contributed by atoms with van der Waals surface area (Å²) >= 11 is 0. The summed E-state index contributed by atoms with van der Waals surface area (Å²) in [4.78, 5) is 23.2. The molecule has 2 N–H and O–H groups in total. The molecule has 0 radical (unpaired) electrons. The third-order valence-electron chi connectivity index (χ3n) is 1.81. The minimum absolute atomic E-state index is 0.00737. The van der Waals surface area contributed by atoms with E-state index < -0.39 is 0 Å². The number of carbonyl (C=O) groups is 1. The number of esters is 1. The number of nitrogens with zero attached hydrogens (tertiary/aromatic N) is 3. The summed E-state index contributed by atoms with van der Waals surface area (Å²) in [6.45, 7) is 4.35. The van der Waals surface area contributed by atoms with Crippen LogP contribution in [0.25, 0.3) is 0 Å². The van der Waals surface area contributed by atoms with Gasteiger partial charge in [0.25, 0.3) is 0 Å². The standard InChI is InChI=1S/C10H17N5O3/c1-4-17-7(16)6-12-9-13-8(11-3)14-10(15-9)18-5-2/h4-6H2,1-3H3,(H2,11,12,13,14,15). The Balaban J connectivity index is 2.68. The maximum atomic E-state index is 11.2. The Labute approximate surface area is 105 Å². The predicted molar refractivity (Wildman–Crippen MR) is 65.7 cm³/mol. The highest BCUT2D eigenvalue weighted by molar-refractivity contribution is 5.74. The molecule has 0 aliphatic heterocycles. The first-order valence-electron chi connectivity index (χ1n) is 5.65. The minimum atomic E-state index is -0.373. The van der Waals surface area contributed by atoms with Gasteiger partial charge in [-0.2, -0.15) is 15.0 Å². The summed E-state index contributed by atoms with van der Waals surface area (Å²) < 4.78 is 9.96. The van der Waals surface area contributed by atoms with Crippen molar-refractivity contribution >= 4 is 17.9 Å². The first-order chi connectivity index (χ1) is 8.69. The van der Waals surface area contributed by atoms with Gasteiger partial charge in [0.1, 0.15) is 6.54 Å². The Hall–Kier alpha value is -2.12. The van der Waals surface area contributed by atoms with Crippen LogP contribution < -0.4 is 15.4 Å².